The van der Waals surface area contributed by atoms with Gasteiger partial charge in [0.2, 0.25) is 5.91 Å². The van der Waals surface area contributed by atoms with Gasteiger partial charge in [-0.1, -0.05) is 0 Å². The number of amides is 2. The van der Waals surface area contributed by atoms with Gasteiger partial charge >= 0.3 is 0 Å². The molecule has 2 saturated heterocycles. The number of H-pyrrole nitrogens is 1. The summed E-state index contributed by atoms with van der Waals surface area (Å²) in [5, 5.41) is 7.13. The highest BCUT2D eigenvalue weighted by molar-refractivity contribution is 7.99. The summed E-state index contributed by atoms with van der Waals surface area (Å²) in [7, 11) is 0. The van der Waals surface area contributed by atoms with Crippen molar-refractivity contribution in [3.8, 4) is 10.6 Å². The van der Waals surface area contributed by atoms with E-state index >= 15 is 0 Å². The van der Waals surface area contributed by atoms with Crippen molar-refractivity contribution in [2.24, 2.45) is 0 Å². The van der Waals surface area contributed by atoms with Crippen LogP contribution in [0.5, 0.6) is 0 Å². The van der Waals surface area contributed by atoms with Crippen LogP contribution in [0.1, 0.15) is 15.4 Å². The third kappa shape index (κ3) is 3.38. The Kier molecular flexibility index (Phi) is 5.01. The molecule has 26 heavy (non-hydrogen) atoms. The van der Waals surface area contributed by atoms with Gasteiger partial charge < -0.3 is 14.5 Å². The summed E-state index contributed by atoms with van der Waals surface area (Å²) in [5.74, 6) is 0.956. The molecular weight excluding hydrogens is 372 g/mol. The van der Waals surface area contributed by atoms with Gasteiger partial charge in [-0.15, -0.1) is 23.1 Å². The molecule has 2 aliphatic rings. The van der Waals surface area contributed by atoms with Gasteiger partial charge in [0.25, 0.3) is 5.91 Å². The quantitative estimate of drug-likeness (QED) is 0.862. The van der Waals surface area contributed by atoms with Crippen molar-refractivity contribution < 1.29 is 14.3 Å². The molecule has 138 valence electrons. The predicted molar refractivity (Wildman–Crippen MR) is 101 cm³/mol. The van der Waals surface area contributed by atoms with Crippen molar-refractivity contribution in [1.82, 2.24) is 20.0 Å². The zero-order valence-corrected chi connectivity index (χ0v) is 16.1. The van der Waals surface area contributed by atoms with Crippen molar-refractivity contribution >= 4 is 34.9 Å². The van der Waals surface area contributed by atoms with Crippen LogP contribution in [0.4, 0.5) is 0 Å². The lowest BCUT2D eigenvalue weighted by atomic mass is 10.2. The Morgan fingerprint density at radius 1 is 1.31 bits per heavy atom. The molecule has 1 atom stereocenters. The standard InChI is InChI=1S/C17H20N4O3S2/c1-11-2-3-15(26-11)12-8-13(19-18-12)16(22)21-10-25-9-14(21)17(23)20-4-6-24-7-5-20/h2-3,8,14H,4-7,9-10H2,1H3,(H,18,19). The minimum Gasteiger partial charge on any atom is -0.378 e. The maximum atomic E-state index is 12.9. The molecule has 2 aromatic heterocycles. The Morgan fingerprint density at radius 2 is 2.12 bits per heavy atom. The third-order valence-corrected chi connectivity index (χ3v) is 6.60. The fourth-order valence-corrected chi connectivity index (χ4v) is 5.10. The van der Waals surface area contributed by atoms with Gasteiger partial charge in [-0.05, 0) is 25.1 Å². The Labute approximate surface area is 159 Å². The molecule has 2 aromatic rings. The monoisotopic (exact) mass is 392 g/mol. The van der Waals surface area contributed by atoms with Crippen molar-refractivity contribution in [3.63, 3.8) is 0 Å². The summed E-state index contributed by atoms with van der Waals surface area (Å²) in [6.45, 7) is 4.34. The van der Waals surface area contributed by atoms with Crippen molar-refractivity contribution in [3.05, 3.63) is 28.8 Å². The number of hydrogen-bond donors (Lipinski definition) is 1. The SMILES string of the molecule is Cc1ccc(-c2cc(C(=O)N3CSCC3C(=O)N3CCOCC3)n[nH]2)s1. The van der Waals surface area contributed by atoms with Gasteiger partial charge in [0.1, 0.15) is 6.04 Å². The van der Waals surface area contributed by atoms with Crippen LogP contribution < -0.4 is 0 Å². The van der Waals surface area contributed by atoms with Crippen LogP contribution in [-0.4, -0.2) is 75.8 Å². The topological polar surface area (TPSA) is 78.5 Å². The number of aromatic amines is 1. The van der Waals surface area contributed by atoms with Crippen LogP contribution in [0, 0.1) is 6.92 Å². The number of nitrogens with zero attached hydrogens (tertiary/aromatic N) is 3. The number of thiophene rings is 1. The van der Waals surface area contributed by atoms with E-state index < -0.39 is 6.04 Å². The van der Waals surface area contributed by atoms with Crippen LogP contribution in [0.2, 0.25) is 0 Å². The molecule has 0 aromatic carbocycles. The van der Waals surface area contributed by atoms with E-state index in [-0.39, 0.29) is 11.8 Å². The minimum absolute atomic E-state index is 0.0105. The summed E-state index contributed by atoms with van der Waals surface area (Å²) in [5.41, 5.74) is 1.18. The molecule has 1 unspecified atom stereocenters. The molecular formula is C17H20N4O3S2. The molecule has 1 N–H and O–H groups in total. The molecule has 0 aliphatic carbocycles. The van der Waals surface area contributed by atoms with E-state index in [4.69, 9.17) is 4.74 Å². The van der Waals surface area contributed by atoms with Gasteiger partial charge in [0, 0.05) is 23.7 Å². The fraction of sp³-hybridized carbons (Fsp3) is 0.471. The lowest BCUT2D eigenvalue weighted by Gasteiger charge is -2.31. The number of hydrogen-bond acceptors (Lipinski definition) is 6. The summed E-state index contributed by atoms with van der Waals surface area (Å²) < 4.78 is 5.31. The molecule has 4 rings (SSSR count). The highest BCUT2D eigenvalue weighted by Crippen LogP contribution is 2.28. The van der Waals surface area contributed by atoms with Crippen LogP contribution in [0.15, 0.2) is 18.2 Å². The average Bonchev–Trinajstić information content (AvgIpc) is 3.41. The van der Waals surface area contributed by atoms with Crippen LogP contribution >= 0.6 is 23.1 Å². The first-order chi connectivity index (χ1) is 12.6. The Hall–Kier alpha value is -1.84. The number of aromatic nitrogens is 2. The Bertz CT molecular complexity index is 813. The Balaban J connectivity index is 1.50. The van der Waals surface area contributed by atoms with E-state index in [1.54, 1.807) is 39.0 Å². The molecule has 0 spiro atoms. The summed E-state index contributed by atoms with van der Waals surface area (Å²) in [6.07, 6.45) is 0. The number of rotatable bonds is 3. The number of carbonyl (C=O) groups is 2. The number of carbonyl (C=O) groups excluding carboxylic acids is 2. The van der Waals surface area contributed by atoms with Gasteiger partial charge in [0.15, 0.2) is 5.69 Å². The Morgan fingerprint density at radius 3 is 2.85 bits per heavy atom. The second kappa shape index (κ2) is 7.42. The molecule has 0 radical (unpaired) electrons. The smallest absolute Gasteiger partial charge is 0.275 e. The van der Waals surface area contributed by atoms with Crippen LogP contribution in [-0.2, 0) is 9.53 Å². The molecule has 0 saturated carbocycles. The van der Waals surface area contributed by atoms with Crippen LogP contribution in [0.25, 0.3) is 10.6 Å². The van der Waals surface area contributed by atoms with E-state index in [1.807, 2.05) is 19.1 Å². The number of morpholine rings is 1. The maximum absolute atomic E-state index is 12.9. The normalized spacial score (nSPS) is 20.6. The zero-order chi connectivity index (χ0) is 18.1. The molecule has 2 fully saturated rings. The second-order valence-electron chi connectivity index (χ2n) is 6.31. The minimum atomic E-state index is -0.422. The highest BCUT2D eigenvalue weighted by atomic mass is 32.2. The number of aryl methyl sites for hydroxylation is 1. The molecule has 2 amide bonds. The van der Waals surface area contributed by atoms with E-state index in [2.05, 4.69) is 10.2 Å². The fourth-order valence-electron chi connectivity index (χ4n) is 3.13. The largest absolute Gasteiger partial charge is 0.378 e. The van der Waals surface area contributed by atoms with E-state index in [0.29, 0.717) is 43.6 Å². The lowest BCUT2D eigenvalue weighted by Crippen LogP contribution is -2.52. The maximum Gasteiger partial charge on any atom is 0.275 e. The van der Waals surface area contributed by atoms with Crippen LogP contribution in [0.3, 0.4) is 0 Å². The van der Waals surface area contributed by atoms with Crippen molar-refractivity contribution in [2.45, 2.75) is 13.0 Å². The first-order valence-corrected chi connectivity index (χ1v) is 10.5. The van der Waals surface area contributed by atoms with Crippen molar-refractivity contribution in [1.29, 1.82) is 0 Å². The predicted octanol–water partition coefficient (Wildman–Crippen LogP) is 1.82. The highest BCUT2D eigenvalue weighted by Gasteiger charge is 2.38. The van der Waals surface area contributed by atoms with E-state index in [9.17, 15) is 9.59 Å². The summed E-state index contributed by atoms with van der Waals surface area (Å²) >= 11 is 3.25. The molecule has 2 aliphatic heterocycles. The van der Waals surface area contributed by atoms with Gasteiger partial charge in [-0.25, -0.2) is 0 Å². The number of nitrogens with one attached hydrogen (secondary N) is 1. The molecule has 9 heteroatoms. The van der Waals surface area contributed by atoms with Gasteiger partial charge in [0.05, 0.1) is 29.7 Å². The zero-order valence-electron chi connectivity index (χ0n) is 14.4. The van der Waals surface area contributed by atoms with E-state index in [1.165, 1.54) is 4.88 Å². The second-order valence-corrected chi connectivity index (χ2v) is 8.59. The first kappa shape index (κ1) is 17.6. The number of thioether (sulfide) groups is 1. The molecule has 7 nitrogen and oxygen atoms in total. The van der Waals surface area contributed by atoms with E-state index in [0.717, 1.165) is 10.6 Å². The number of ether oxygens (including phenoxy) is 1. The summed E-state index contributed by atoms with van der Waals surface area (Å²) in [6, 6.07) is 5.40. The van der Waals surface area contributed by atoms with Crippen molar-refractivity contribution in [2.75, 3.05) is 37.9 Å². The summed E-state index contributed by atoms with van der Waals surface area (Å²) in [4.78, 5) is 31.4. The molecule has 0 bridgehead atoms. The third-order valence-electron chi connectivity index (χ3n) is 4.55. The van der Waals surface area contributed by atoms with Gasteiger partial charge in [-0.3, -0.25) is 14.7 Å². The first-order valence-electron chi connectivity index (χ1n) is 8.51. The van der Waals surface area contributed by atoms with Gasteiger partial charge in [-0.2, -0.15) is 5.10 Å². The average molecular weight is 393 g/mol. The lowest BCUT2D eigenvalue weighted by molar-refractivity contribution is -0.138. The molecule has 4 heterocycles.